The summed E-state index contributed by atoms with van der Waals surface area (Å²) in [4.78, 5) is 12.2. The zero-order valence-corrected chi connectivity index (χ0v) is 12.3. The highest BCUT2D eigenvalue weighted by molar-refractivity contribution is 9.08. The Kier molecular flexibility index (Phi) is 4.74. The summed E-state index contributed by atoms with van der Waals surface area (Å²) in [5, 5.41) is 0.627. The van der Waals surface area contributed by atoms with Crippen LogP contribution in [0.2, 0.25) is 0 Å². The standard InChI is InChI=1S/C16H15BrO2/c1-2-19-16(18)15-13(11-17)9-6-10-14(15)12-7-4-3-5-8-12/h3-10H,2,11H2,1H3. The van der Waals surface area contributed by atoms with Gasteiger partial charge in [0, 0.05) is 5.33 Å². The van der Waals surface area contributed by atoms with Gasteiger partial charge in [-0.25, -0.2) is 4.79 Å². The maximum atomic E-state index is 12.2. The van der Waals surface area contributed by atoms with E-state index in [1.807, 2.05) is 55.5 Å². The summed E-state index contributed by atoms with van der Waals surface area (Å²) in [5.41, 5.74) is 3.52. The van der Waals surface area contributed by atoms with E-state index in [9.17, 15) is 4.79 Å². The Morgan fingerprint density at radius 2 is 1.84 bits per heavy atom. The molecule has 3 heteroatoms. The number of benzene rings is 2. The molecule has 0 atom stereocenters. The fourth-order valence-electron chi connectivity index (χ4n) is 2.01. The predicted octanol–water partition coefficient (Wildman–Crippen LogP) is 4.43. The fraction of sp³-hybridized carbons (Fsp3) is 0.188. The van der Waals surface area contributed by atoms with Gasteiger partial charge in [0.05, 0.1) is 12.2 Å². The second-order valence-electron chi connectivity index (χ2n) is 4.06. The van der Waals surface area contributed by atoms with Crippen molar-refractivity contribution in [3.8, 4) is 11.1 Å². The van der Waals surface area contributed by atoms with E-state index in [4.69, 9.17) is 4.74 Å². The number of hydrogen-bond acceptors (Lipinski definition) is 2. The molecule has 2 aromatic carbocycles. The van der Waals surface area contributed by atoms with Gasteiger partial charge in [0.1, 0.15) is 0 Å². The third-order valence-corrected chi connectivity index (χ3v) is 3.46. The molecule has 0 aliphatic rings. The van der Waals surface area contributed by atoms with E-state index >= 15 is 0 Å². The first-order valence-electron chi connectivity index (χ1n) is 6.18. The molecule has 0 radical (unpaired) electrons. The highest BCUT2D eigenvalue weighted by Gasteiger charge is 2.17. The van der Waals surface area contributed by atoms with E-state index in [1.165, 1.54) is 0 Å². The van der Waals surface area contributed by atoms with Crippen LogP contribution in [0, 0.1) is 0 Å². The lowest BCUT2D eigenvalue weighted by molar-refractivity contribution is 0.0526. The first-order chi connectivity index (χ1) is 9.27. The van der Waals surface area contributed by atoms with Crippen molar-refractivity contribution in [3.05, 3.63) is 59.7 Å². The van der Waals surface area contributed by atoms with Crippen molar-refractivity contribution in [2.24, 2.45) is 0 Å². The Balaban J connectivity index is 2.57. The largest absolute Gasteiger partial charge is 0.462 e. The molecule has 0 aliphatic heterocycles. The number of carbonyl (C=O) groups is 1. The maximum Gasteiger partial charge on any atom is 0.339 e. The van der Waals surface area contributed by atoms with E-state index in [0.29, 0.717) is 17.5 Å². The molecule has 2 aromatic rings. The van der Waals surface area contributed by atoms with Crippen molar-refractivity contribution in [1.82, 2.24) is 0 Å². The molecule has 19 heavy (non-hydrogen) atoms. The first kappa shape index (κ1) is 13.8. The monoisotopic (exact) mass is 318 g/mol. The third kappa shape index (κ3) is 3.04. The molecule has 0 aliphatic carbocycles. The van der Waals surface area contributed by atoms with Gasteiger partial charge in [-0.1, -0.05) is 64.5 Å². The van der Waals surface area contributed by atoms with E-state index in [-0.39, 0.29) is 5.97 Å². The maximum absolute atomic E-state index is 12.2. The molecule has 0 bridgehead atoms. The molecule has 0 saturated carbocycles. The van der Waals surface area contributed by atoms with E-state index in [2.05, 4.69) is 15.9 Å². The molecule has 0 heterocycles. The average Bonchev–Trinajstić information content (AvgIpc) is 2.47. The lowest BCUT2D eigenvalue weighted by Gasteiger charge is -2.12. The number of ether oxygens (including phenoxy) is 1. The van der Waals surface area contributed by atoms with Crippen LogP contribution < -0.4 is 0 Å². The van der Waals surface area contributed by atoms with Crippen LogP contribution in [0.5, 0.6) is 0 Å². The Morgan fingerprint density at radius 1 is 1.11 bits per heavy atom. The molecule has 0 spiro atoms. The quantitative estimate of drug-likeness (QED) is 0.616. The van der Waals surface area contributed by atoms with Crippen LogP contribution in [0.1, 0.15) is 22.8 Å². The van der Waals surface area contributed by atoms with Crippen LogP contribution in [0.15, 0.2) is 48.5 Å². The topological polar surface area (TPSA) is 26.3 Å². The van der Waals surface area contributed by atoms with Gasteiger partial charge in [0.25, 0.3) is 0 Å². The molecule has 98 valence electrons. The summed E-state index contributed by atoms with van der Waals surface area (Å²) in [6.45, 7) is 2.19. The SMILES string of the molecule is CCOC(=O)c1c(CBr)cccc1-c1ccccc1. The van der Waals surface area contributed by atoms with Crippen molar-refractivity contribution in [2.75, 3.05) is 6.61 Å². The van der Waals surface area contributed by atoms with E-state index in [1.54, 1.807) is 0 Å². The molecular formula is C16H15BrO2. The van der Waals surface area contributed by atoms with Crippen molar-refractivity contribution < 1.29 is 9.53 Å². The van der Waals surface area contributed by atoms with Crippen LogP contribution in [0.4, 0.5) is 0 Å². The minimum atomic E-state index is -0.267. The number of carbonyl (C=O) groups excluding carboxylic acids is 1. The summed E-state index contributed by atoms with van der Waals surface area (Å²) in [7, 11) is 0. The highest BCUT2D eigenvalue weighted by Crippen LogP contribution is 2.28. The number of hydrogen-bond donors (Lipinski definition) is 0. The van der Waals surface area contributed by atoms with Gasteiger partial charge in [-0.05, 0) is 23.6 Å². The van der Waals surface area contributed by atoms with Crippen molar-refractivity contribution >= 4 is 21.9 Å². The Morgan fingerprint density at radius 3 is 2.47 bits per heavy atom. The molecule has 2 rings (SSSR count). The third-order valence-electron chi connectivity index (χ3n) is 2.86. The predicted molar refractivity (Wildman–Crippen MR) is 80.5 cm³/mol. The lowest BCUT2D eigenvalue weighted by atomic mass is 9.96. The smallest absolute Gasteiger partial charge is 0.339 e. The number of rotatable bonds is 4. The minimum absolute atomic E-state index is 0.267. The average molecular weight is 319 g/mol. The van der Waals surface area contributed by atoms with Crippen LogP contribution in [0.25, 0.3) is 11.1 Å². The van der Waals surface area contributed by atoms with Crippen LogP contribution in [-0.4, -0.2) is 12.6 Å². The second-order valence-corrected chi connectivity index (χ2v) is 4.62. The Labute approximate surface area is 121 Å². The van der Waals surface area contributed by atoms with Gasteiger partial charge in [0.2, 0.25) is 0 Å². The van der Waals surface area contributed by atoms with Crippen molar-refractivity contribution in [3.63, 3.8) is 0 Å². The number of esters is 1. The molecule has 2 nitrogen and oxygen atoms in total. The van der Waals surface area contributed by atoms with Gasteiger partial charge < -0.3 is 4.74 Å². The van der Waals surface area contributed by atoms with Crippen LogP contribution >= 0.6 is 15.9 Å². The molecular weight excluding hydrogens is 304 g/mol. The summed E-state index contributed by atoms with van der Waals surface area (Å²) in [6, 6.07) is 15.7. The lowest BCUT2D eigenvalue weighted by Crippen LogP contribution is -2.09. The van der Waals surface area contributed by atoms with Crippen molar-refractivity contribution in [1.29, 1.82) is 0 Å². The molecule has 0 N–H and O–H groups in total. The molecule has 0 unspecified atom stereocenters. The van der Waals surface area contributed by atoms with Crippen molar-refractivity contribution in [2.45, 2.75) is 12.3 Å². The van der Waals surface area contributed by atoms with Crippen LogP contribution in [0.3, 0.4) is 0 Å². The first-order valence-corrected chi connectivity index (χ1v) is 7.30. The zero-order chi connectivity index (χ0) is 13.7. The highest BCUT2D eigenvalue weighted by atomic mass is 79.9. The van der Waals surface area contributed by atoms with Gasteiger partial charge in [-0.15, -0.1) is 0 Å². The normalized spacial score (nSPS) is 10.2. The number of alkyl halides is 1. The molecule has 0 amide bonds. The number of halogens is 1. The van der Waals surface area contributed by atoms with E-state index < -0.39 is 0 Å². The minimum Gasteiger partial charge on any atom is -0.462 e. The van der Waals surface area contributed by atoms with Gasteiger partial charge in [0.15, 0.2) is 0 Å². The fourth-order valence-corrected chi connectivity index (χ4v) is 2.48. The molecule has 0 fully saturated rings. The Hall–Kier alpha value is -1.61. The summed E-state index contributed by atoms with van der Waals surface area (Å²) < 4.78 is 5.17. The van der Waals surface area contributed by atoms with E-state index in [0.717, 1.165) is 16.7 Å². The van der Waals surface area contributed by atoms with Gasteiger partial charge in [-0.2, -0.15) is 0 Å². The van der Waals surface area contributed by atoms with Crippen LogP contribution in [-0.2, 0) is 10.1 Å². The summed E-state index contributed by atoms with van der Waals surface area (Å²) >= 11 is 3.43. The molecule has 0 aromatic heterocycles. The van der Waals surface area contributed by atoms with Gasteiger partial charge in [-0.3, -0.25) is 0 Å². The second kappa shape index (κ2) is 6.53. The van der Waals surface area contributed by atoms with Gasteiger partial charge >= 0.3 is 5.97 Å². The zero-order valence-electron chi connectivity index (χ0n) is 10.7. The summed E-state index contributed by atoms with van der Waals surface area (Å²) in [6.07, 6.45) is 0. The molecule has 0 saturated heterocycles. The summed E-state index contributed by atoms with van der Waals surface area (Å²) in [5.74, 6) is -0.267. The Bertz CT molecular complexity index is 564.